The van der Waals surface area contributed by atoms with Gasteiger partial charge in [-0.1, -0.05) is 11.6 Å². The number of allylic oxidation sites excluding steroid dienone is 1. The predicted octanol–water partition coefficient (Wildman–Crippen LogP) is 2.54. The molecular weight excluding hydrogens is 290 g/mol. The number of ether oxygens (including phenoxy) is 1. The Hall–Kier alpha value is -1.88. The minimum absolute atomic E-state index is 0.0880. The van der Waals surface area contributed by atoms with Crippen LogP contribution in [0.4, 0.5) is 5.69 Å². The third-order valence-corrected chi connectivity index (χ3v) is 4.47. The Balaban J connectivity index is 1.48. The van der Waals surface area contributed by atoms with Crippen LogP contribution in [-0.2, 0) is 4.74 Å². The van der Waals surface area contributed by atoms with Gasteiger partial charge in [0.05, 0.1) is 25.1 Å². The van der Waals surface area contributed by atoms with Crippen LogP contribution in [0.5, 0.6) is 0 Å². The van der Waals surface area contributed by atoms with Crippen molar-refractivity contribution in [3.8, 4) is 0 Å². The molecule has 5 nitrogen and oxygen atoms in total. The molecular formula is C18H25N3O2. The van der Waals surface area contributed by atoms with Gasteiger partial charge >= 0.3 is 0 Å². The molecule has 0 bridgehead atoms. The molecule has 1 saturated heterocycles. The van der Waals surface area contributed by atoms with Crippen molar-refractivity contribution in [2.45, 2.75) is 32.1 Å². The predicted molar refractivity (Wildman–Crippen MR) is 90.8 cm³/mol. The zero-order valence-electron chi connectivity index (χ0n) is 13.6. The molecule has 1 N–H and O–H groups in total. The quantitative estimate of drug-likeness (QED) is 0.849. The molecule has 0 atom stereocenters. The fourth-order valence-corrected chi connectivity index (χ4v) is 3.09. The van der Waals surface area contributed by atoms with Crippen molar-refractivity contribution in [1.82, 2.24) is 10.3 Å². The first kappa shape index (κ1) is 16.0. The van der Waals surface area contributed by atoms with Gasteiger partial charge in [-0.3, -0.25) is 4.79 Å². The van der Waals surface area contributed by atoms with Crippen molar-refractivity contribution in [2.24, 2.45) is 0 Å². The Morgan fingerprint density at radius 3 is 2.83 bits per heavy atom. The minimum atomic E-state index is -0.0880. The Morgan fingerprint density at radius 1 is 1.26 bits per heavy atom. The summed E-state index contributed by atoms with van der Waals surface area (Å²) in [5.74, 6) is -0.0880. The van der Waals surface area contributed by atoms with Crippen LogP contribution < -0.4 is 10.2 Å². The smallest absolute Gasteiger partial charge is 0.269 e. The number of carbonyl (C=O) groups excluding carboxylic acids is 1. The molecule has 1 aliphatic heterocycles. The SMILES string of the molecule is O=C(NCCC1=CCCCC1)c1ccc(N2CCOCC2)cn1. The van der Waals surface area contributed by atoms with Crippen LogP contribution in [0.25, 0.3) is 0 Å². The second-order valence-electron chi connectivity index (χ2n) is 6.12. The van der Waals surface area contributed by atoms with E-state index in [4.69, 9.17) is 4.74 Å². The van der Waals surface area contributed by atoms with Crippen molar-refractivity contribution in [1.29, 1.82) is 0 Å². The number of hydrogen-bond acceptors (Lipinski definition) is 4. The van der Waals surface area contributed by atoms with E-state index in [2.05, 4.69) is 21.3 Å². The Labute approximate surface area is 137 Å². The second kappa shape index (κ2) is 8.11. The van der Waals surface area contributed by atoms with Crippen molar-refractivity contribution in [2.75, 3.05) is 37.7 Å². The van der Waals surface area contributed by atoms with Crippen LogP contribution in [0.1, 0.15) is 42.6 Å². The number of nitrogens with zero attached hydrogens (tertiary/aromatic N) is 2. The topological polar surface area (TPSA) is 54.5 Å². The van der Waals surface area contributed by atoms with Crippen molar-refractivity contribution < 1.29 is 9.53 Å². The zero-order chi connectivity index (χ0) is 15.9. The summed E-state index contributed by atoms with van der Waals surface area (Å²) in [6.07, 6.45) is 10.0. The third-order valence-electron chi connectivity index (χ3n) is 4.47. The van der Waals surface area contributed by atoms with Gasteiger partial charge in [0.25, 0.3) is 5.91 Å². The molecule has 23 heavy (non-hydrogen) atoms. The summed E-state index contributed by atoms with van der Waals surface area (Å²) in [6.45, 7) is 3.94. The van der Waals surface area contributed by atoms with Gasteiger partial charge in [-0.15, -0.1) is 0 Å². The highest BCUT2D eigenvalue weighted by Gasteiger charge is 2.13. The number of carbonyl (C=O) groups is 1. The lowest BCUT2D eigenvalue weighted by Gasteiger charge is -2.28. The molecule has 1 aromatic heterocycles. The summed E-state index contributed by atoms with van der Waals surface area (Å²) >= 11 is 0. The zero-order valence-corrected chi connectivity index (χ0v) is 13.6. The molecule has 1 aliphatic carbocycles. The lowest BCUT2D eigenvalue weighted by molar-refractivity contribution is 0.0949. The molecule has 1 aromatic rings. The molecule has 0 spiro atoms. The molecule has 3 rings (SSSR count). The Morgan fingerprint density at radius 2 is 2.13 bits per heavy atom. The van der Waals surface area contributed by atoms with Gasteiger partial charge in [-0.2, -0.15) is 0 Å². The minimum Gasteiger partial charge on any atom is -0.378 e. The first-order valence-corrected chi connectivity index (χ1v) is 8.58. The summed E-state index contributed by atoms with van der Waals surface area (Å²) in [5, 5.41) is 2.97. The highest BCUT2D eigenvalue weighted by molar-refractivity contribution is 5.92. The maximum Gasteiger partial charge on any atom is 0.269 e. The number of anilines is 1. The van der Waals surface area contributed by atoms with E-state index in [0.717, 1.165) is 38.4 Å². The van der Waals surface area contributed by atoms with Gasteiger partial charge in [-0.05, 0) is 44.2 Å². The van der Waals surface area contributed by atoms with Gasteiger partial charge in [0, 0.05) is 19.6 Å². The molecule has 1 fully saturated rings. The van der Waals surface area contributed by atoms with Gasteiger partial charge < -0.3 is 15.0 Å². The highest BCUT2D eigenvalue weighted by atomic mass is 16.5. The van der Waals surface area contributed by atoms with E-state index in [-0.39, 0.29) is 5.91 Å². The van der Waals surface area contributed by atoms with Crippen LogP contribution in [0.3, 0.4) is 0 Å². The molecule has 1 amide bonds. The molecule has 2 aliphatic rings. The van der Waals surface area contributed by atoms with Gasteiger partial charge in [0.15, 0.2) is 0 Å². The van der Waals surface area contributed by atoms with Crippen LogP contribution in [0, 0.1) is 0 Å². The summed E-state index contributed by atoms with van der Waals surface area (Å²) in [6, 6.07) is 3.77. The van der Waals surface area contributed by atoms with E-state index >= 15 is 0 Å². The van der Waals surface area contributed by atoms with Crippen LogP contribution in [0.15, 0.2) is 30.0 Å². The first-order chi connectivity index (χ1) is 11.3. The van der Waals surface area contributed by atoms with Gasteiger partial charge in [0.1, 0.15) is 5.69 Å². The largest absolute Gasteiger partial charge is 0.378 e. The number of aromatic nitrogens is 1. The molecule has 0 radical (unpaired) electrons. The van der Waals surface area contributed by atoms with E-state index in [9.17, 15) is 4.79 Å². The van der Waals surface area contributed by atoms with Gasteiger partial charge in [0.2, 0.25) is 0 Å². The number of hydrogen-bond donors (Lipinski definition) is 1. The average molecular weight is 315 g/mol. The summed E-state index contributed by atoms with van der Waals surface area (Å²) in [5.41, 5.74) is 3.02. The Bertz CT molecular complexity index is 548. The van der Waals surface area contributed by atoms with E-state index in [1.807, 2.05) is 6.07 Å². The summed E-state index contributed by atoms with van der Waals surface area (Å²) in [7, 11) is 0. The first-order valence-electron chi connectivity index (χ1n) is 8.58. The van der Waals surface area contributed by atoms with Crippen molar-refractivity contribution >= 4 is 11.6 Å². The maximum absolute atomic E-state index is 12.1. The maximum atomic E-state index is 12.1. The third kappa shape index (κ3) is 4.55. The van der Waals surface area contributed by atoms with E-state index < -0.39 is 0 Å². The second-order valence-corrected chi connectivity index (χ2v) is 6.12. The van der Waals surface area contributed by atoms with Crippen LogP contribution in [0.2, 0.25) is 0 Å². The van der Waals surface area contributed by atoms with Crippen molar-refractivity contribution in [3.05, 3.63) is 35.7 Å². The van der Waals surface area contributed by atoms with E-state index in [1.54, 1.807) is 12.3 Å². The lowest BCUT2D eigenvalue weighted by Crippen LogP contribution is -2.36. The Kier molecular flexibility index (Phi) is 5.64. The fraction of sp³-hybridized carbons (Fsp3) is 0.556. The number of amides is 1. The van der Waals surface area contributed by atoms with Gasteiger partial charge in [-0.25, -0.2) is 4.98 Å². The van der Waals surface area contributed by atoms with Crippen LogP contribution in [-0.4, -0.2) is 43.7 Å². The van der Waals surface area contributed by atoms with E-state index in [0.29, 0.717) is 12.2 Å². The molecule has 0 unspecified atom stereocenters. The molecule has 124 valence electrons. The number of rotatable bonds is 5. The molecule has 5 heteroatoms. The number of morpholine rings is 1. The lowest BCUT2D eigenvalue weighted by atomic mass is 9.97. The van der Waals surface area contributed by atoms with Crippen LogP contribution >= 0.6 is 0 Å². The molecule has 2 heterocycles. The molecule has 0 saturated carbocycles. The monoisotopic (exact) mass is 315 g/mol. The number of pyridine rings is 1. The summed E-state index contributed by atoms with van der Waals surface area (Å²) in [4.78, 5) is 18.7. The molecule has 0 aromatic carbocycles. The summed E-state index contributed by atoms with van der Waals surface area (Å²) < 4.78 is 5.35. The van der Waals surface area contributed by atoms with Crippen molar-refractivity contribution in [3.63, 3.8) is 0 Å². The normalized spacial score (nSPS) is 18.4. The fourth-order valence-electron chi connectivity index (χ4n) is 3.09. The standard InChI is InChI=1S/C18H25N3O2/c22-18(19-9-8-15-4-2-1-3-5-15)17-7-6-16(14-20-17)21-10-12-23-13-11-21/h4,6-7,14H,1-3,5,8-13H2,(H,19,22). The number of nitrogens with one attached hydrogen (secondary N) is 1. The highest BCUT2D eigenvalue weighted by Crippen LogP contribution is 2.19. The van der Waals surface area contributed by atoms with E-state index in [1.165, 1.54) is 31.3 Å². The average Bonchev–Trinajstić information content (AvgIpc) is 2.63.